The quantitative estimate of drug-likeness (QED) is 0.204. The molecule has 2 heterocycles. The fourth-order valence-corrected chi connectivity index (χ4v) is 9.43. The molecular weight excluding hydrogens is 524 g/mol. The SMILES string of the molecule is Cc1cccc2c3c4c(C)cccc4c(c12)OC(=O)C1C(C(=O)O)C2C=CC1C21C2C=CC1C(C(=O)O3)C2C(=O)O. The van der Waals surface area contributed by atoms with E-state index in [1.54, 1.807) is 12.1 Å². The topological polar surface area (TPSA) is 127 Å². The number of fused-ring (bicyclic) bond motifs is 2. The van der Waals surface area contributed by atoms with Crippen molar-refractivity contribution in [2.45, 2.75) is 13.8 Å². The molecule has 2 aliphatic heterocycles. The Morgan fingerprint density at radius 1 is 0.659 bits per heavy atom. The maximum absolute atomic E-state index is 14.3. The Kier molecular flexibility index (Phi) is 4.66. The van der Waals surface area contributed by atoms with Gasteiger partial charge in [0.25, 0.3) is 0 Å². The van der Waals surface area contributed by atoms with Crippen molar-refractivity contribution in [1.82, 2.24) is 0 Å². The van der Waals surface area contributed by atoms with E-state index in [2.05, 4.69) is 0 Å². The van der Waals surface area contributed by atoms with Gasteiger partial charge in [-0.2, -0.15) is 0 Å². The predicted molar refractivity (Wildman–Crippen MR) is 146 cm³/mol. The van der Waals surface area contributed by atoms with Crippen LogP contribution in [0.25, 0.3) is 21.5 Å². The average Bonchev–Trinajstić information content (AvgIpc) is 3.66. The fourth-order valence-electron chi connectivity index (χ4n) is 9.43. The van der Waals surface area contributed by atoms with Crippen molar-refractivity contribution in [3.8, 4) is 11.5 Å². The molecule has 41 heavy (non-hydrogen) atoms. The first kappa shape index (κ1) is 24.3. The molecule has 3 aromatic carbocycles. The third kappa shape index (κ3) is 2.71. The van der Waals surface area contributed by atoms with Gasteiger partial charge in [-0.05, 0) is 54.1 Å². The largest absolute Gasteiger partial charge is 0.481 e. The van der Waals surface area contributed by atoms with E-state index in [4.69, 9.17) is 9.47 Å². The van der Waals surface area contributed by atoms with E-state index in [1.807, 2.05) is 62.4 Å². The highest BCUT2D eigenvalue weighted by Gasteiger charge is 2.78. The number of benzene rings is 3. The van der Waals surface area contributed by atoms with E-state index in [0.717, 1.165) is 11.1 Å². The molecule has 0 amide bonds. The second kappa shape index (κ2) is 7.84. The molecule has 9 bridgehead atoms. The summed E-state index contributed by atoms with van der Waals surface area (Å²) in [5.74, 6) is -9.77. The first-order valence-electron chi connectivity index (χ1n) is 13.9. The van der Waals surface area contributed by atoms with Crippen molar-refractivity contribution < 1.29 is 38.9 Å². The van der Waals surface area contributed by atoms with E-state index < -0.39 is 76.6 Å². The van der Waals surface area contributed by atoms with Gasteiger partial charge in [-0.15, -0.1) is 0 Å². The summed E-state index contributed by atoms with van der Waals surface area (Å²) < 4.78 is 12.6. The Hall–Kier alpha value is -4.46. The van der Waals surface area contributed by atoms with Crippen LogP contribution in [0, 0.1) is 66.6 Å². The molecule has 6 aliphatic rings. The number of carboxylic acid groups (broad SMARTS) is 2. The van der Waals surface area contributed by atoms with Gasteiger partial charge >= 0.3 is 23.9 Å². The standard InChI is InChI=1S/C33H26O8/c1-13-5-3-7-15-21(13)27-16-8-4-6-14(2)22(16)28(15)41-32(39)26-20-12-10-18(24(26)30(36)37)33(20)17-9-11-19(33)25(31(38)40-27)23(17)29(34)35/h3-12,17-20,23-26H,1-2H3,(H,34,35)(H,36,37). The van der Waals surface area contributed by atoms with Crippen LogP contribution in [0.15, 0.2) is 60.7 Å². The van der Waals surface area contributed by atoms with Gasteiger partial charge in [-0.1, -0.05) is 60.7 Å². The third-order valence-electron chi connectivity index (χ3n) is 10.7. The van der Waals surface area contributed by atoms with Crippen LogP contribution in [-0.4, -0.2) is 34.1 Å². The van der Waals surface area contributed by atoms with Gasteiger partial charge in [-0.25, -0.2) is 0 Å². The summed E-state index contributed by atoms with van der Waals surface area (Å²) in [6, 6.07) is 11.0. The van der Waals surface area contributed by atoms with Crippen molar-refractivity contribution in [1.29, 1.82) is 0 Å². The Labute approximate surface area is 234 Å². The number of hydrogen-bond acceptors (Lipinski definition) is 6. The zero-order chi connectivity index (χ0) is 28.5. The maximum atomic E-state index is 14.3. The van der Waals surface area contributed by atoms with Gasteiger partial charge in [0.1, 0.15) is 11.5 Å². The molecule has 8 heteroatoms. The Morgan fingerprint density at radius 3 is 1.44 bits per heavy atom. The Bertz CT molecular complexity index is 1700. The van der Waals surface area contributed by atoms with Gasteiger partial charge in [0.05, 0.1) is 23.7 Å². The second-order valence-corrected chi connectivity index (χ2v) is 12.1. The maximum Gasteiger partial charge on any atom is 0.315 e. The summed E-state index contributed by atoms with van der Waals surface area (Å²) in [6.07, 6.45) is 7.32. The molecule has 4 aliphatic carbocycles. The van der Waals surface area contributed by atoms with E-state index in [1.165, 1.54) is 0 Å². The molecule has 8 atom stereocenters. The van der Waals surface area contributed by atoms with Crippen LogP contribution in [0.3, 0.4) is 0 Å². The number of carbonyl (C=O) groups excluding carboxylic acids is 2. The van der Waals surface area contributed by atoms with Crippen LogP contribution < -0.4 is 9.47 Å². The molecular formula is C33H26O8. The van der Waals surface area contributed by atoms with Crippen molar-refractivity contribution >= 4 is 45.4 Å². The lowest BCUT2D eigenvalue weighted by Crippen LogP contribution is -2.38. The highest BCUT2D eigenvalue weighted by molar-refractivity contribution is 6.15. The summed E-state index contributed by atoms with van der Waals surface area (Å²) in [6.45, 7) is 3.74. The number of aryl methyl sites for hydroxylation is 2. The molecule has 0 radical (unpaired) electrons. The predicted octanol–water partition coefficient (Wildman–Crippen LogP) is 4.69. The monoisotopic (exact) mass is 550 g/mol. The molecule has 0 saturated heterocycles. The van der Waals surface area contributed by atoms with Crippen molar-refractivity contribution in [3.05, 3.63) is 71.8 Å². The van der Waals surface area contributed by atoms with Gasteiger partial charge in [0.15, 0.2) is 0 Å². The van der Waals surface area contributed by atoms with Crippen LogP contribution in [0.2, 0.25) is 0 Å². The van der Waals surface area contributed by atoms with E-state index in [9.17, 15) is 29.4 Å². The van der Waals surface area contributed by atoms with Crippen LogP contribution in [0.4, 0.5) is 0 Å². The highest BCUT2D eigenvalue weighted by atomic mass is 16.5. The first-order chi connectivity index (χ1) is 19.7. The molecule has 9 rings (SSSR count). The van der Waals surface area contributed by atoms with Gasteiger partial charge < -0.3 is 19.7 Å². The molecule has 8 unspecified atom stereocenters. The van der Waals surface area contributed by atoms with E-state index in [-0.39, 0.29) is 0 Å². The number of esters is 2. The fraction of sp³-hybridized carbons (Fsp3) is 0.333. The van der Waals surface area contributed by atoms with E-state index >= 15 is 0 Å². The van der Waals surface area contributed by atoms with Crippen LogP contribution in [-0.2, 0) is 19.2 Å². The third-order valence-corrected chi connectivity index (χ3v) is 10.7. The summed E-state index contributed by atoms with van der Waals surface area (Å²) >= 11 is 0. The van der Waals surface area contributed by atoms with Crippen LogP contribution in [0.5, 0.6) is 11.5 Å². The average molecular weight is 551 g/mol. The van der Waals surface area contributed by atoms with Gasteiger partial charge in [0.2, 0.25) is 0 Å². The van der Waals surface area contributed by atoms with Crippen LogP contribution >= 0.6 is 0 Å². The minimum absolute atomic E-state index is 0.306. The van der Waals surface area contributed by atoms with Crippen molar-refractivity contribution in [2.75, 3.05) is 0 Å². The summed E-state index contributed by atoms with van der Waals surface area (Å²) in [7, 11) is 0. The molecule has 206 valence electrons. The number of hydrogen-bond donors (Lipinski definition) is 2. The lowest BCUT2D eigenvalue weighted by Gasteiger charge is -2.37. The first-order valence-corrected chi connectivity index (χ1v) is 13.9. The molecule has 2 saturated carbocycles. The number of ether oxygens (including phenoxy) is 2. The molecule has 8 nitrogen and oxygen atoms in total. The molecule has 2 N–H and O–H groups in total. The zero-order valence-electron chi connectivity index (χ0n) is 22.2. The van der Waals surface area contributed by atoms with Crippen LogP contribution in [0.1, 0.15) is 11.1 Å². The van der Waals surface area contributed by atoms with Crippen molar-refractivity contribution in [3.63, 3.8) is 0 Å². The minimum Gasteiger partial charge on any atom is -0.481 e. The van der Waals surface area contributed by atoms with Gasteiger partial charge in [0, 0.05) is 21.5 Å². The lowest BCUT2D eigenvalue weighted by atomic mass is 9.65. The number of allylic oxidation sites excluding steroid dienone is 4. The Morgan fingerprint density at radius 2 is 1.05 bits per heavy atom. The summed E-state index contributed by atoms with van der Waals surface area (Å²) in [4.78, 5) is 54.2. The lowest BCUT2D eigenvalue weighted by molar-refractivity contribution is -0.152. The molecule has 2 fully saturated rings. The summed E-state index contributed by atoms with van der Waals surface area (Å²) in [5, 5.41) is 23.2. The number of aliphatic carboxylic acids is 2. The van der Waals surface area contributed by atoms with Gasteiger partial charge in [-0.3, -0.25) is 19.2 Å². The minimum atomic E-state index is -1.13. The van der Waals surface area contributed by atoms with Crippen molar-refractivity contribution in [2.24, 2.45) is 52.8 Å². The summed E-state index contributed by atoms with van der Waals surface area (Å²) in [5.41, 5.74) is 0.631. The Balaban J connectivity index is 1.49. The zero-order valence-corrected chi connectivity index (χ0v) is 22.2. The highest BCUT2D eigenvalue weighted by Crippen LogP contribution is 2.76. The normalized spacial score (nSPS) is 35.9. The molecule has 1 spiro atoms. The smallest absolute Gasteiger partial charge is 0.315 e. The molecule has 0 aromatic heterocycles. The number of carbonyl (C=O) groups is 4. The van der Waals surface area contributed by atoms with E-state index in [0.29, 0.717) is 33.0 Å². The number of carboxylic acids is 2. The number of rotatable bonds is 2. The second-order valence-electron chi connectivity index (χ2n) is 12.1. The molecule has 3 aromatic rings.